The van der Waals surface area contributed by atoms with Crippen LogP contribution in [0, 0.1) is 0 Å². The maximum atomic E-state index is 13.0. The molecule has 2 N–H and O–H groups in total. The second-order valence-corrected chi connectivity index (χ2v) is 10.6. The van der Waals surface area contributed by atoms with Crippen molar-refractivity contribution in [1.82, 2.24) is 14.5 Å². The maximum absolute atomic E-state index is 13.0. The Morgan fingerprint density at radius 3 is 2.60 bits per heavy atom. The first-order valence-electron chi connectivity index (χ1n) is 11.3. The Labute approximate surface area is 201 Å². The Hall–Kier alpha value is -2.80. The van der Waals surface area contributed by atoms with Gasteiger partial charge in [0.15, 0.2) is 0 Å². The molecule has 2 aliphatic rings. The minimum absolute atomic E-state index is 0.134. The van der Waals surface area contributed by atoms with Crippen LogP contribution in [0.4, 0.5) is 8.78 Å². The highest BCUT2D eigenvalue weighted by molar-refractivity contribution is 7.90. The van der Waals surface area contributed by atoms with Crippen molar-refractivity contribution in [1.29, 1.82) is 0 Å². The van der Waals surface area contributed by atoms with E-state index in [1.807, 2.05) is 12.1 Å². The van der Waals surface area contributed by atoms with Crippen molar-refractivity contribution in [2.75, 3.05) is 39.5 Å². The van der Waals surface area contributed by atoms with Crippen molar-refractivity contribution in [3.05, 3.63) is 48.3 Å². The van der Waals surface area contributed by atoms with E-state index < -0.39 is 21.4 Å². The first kappa shape index (κ1) is 23.9. The molecule has 5 rings (SSSR count). The quantitative estimate of drug-likeness (QED) is 0.473. The summed E-state index contributed by atoms with van der Waals surface area (Å²) in [4.78, 5) is 2.27. The van der Waals surface area contributed by atoms with Gasteiger partial charge in [-0.25, -0.2) is 18.1 Å². The molecule has 3 aromatic rings. The third-order valence-electron chi connectivity index (χ3n) is 6.49. The fraction of sp³-hybridized carbons (Fsp3) is 0.435. The molecule has 1 aliphatic carbocycles. The van der Waals surface area contributed by atoms with Gasteiger partial charge < -0.3 is 14.2 Å². The molecule has 2 aromatic heterocycles. The third-order valence-corrected chi connectivity index (χ3v) is 8.22. The Balaban J connectivity index is 1.41. The molecule has 1 saturated heterocycles. The van der Waals surface area contributed by atoms with E-state index in [1.54, 1.807) is 23.0 Å². The largest absolute Gasteiger partial charge is 0.491 e. The van der Waals surface area contributed by atoms with E-state index in [0.717, 1.165) is 32.8 Å². The molecule has 0 atom stereocenters. The minimum atomic E-state index is -3.93. The van der Waals surface area contributed by atoms with Crippen molar-refractivity contribution in [3.63, 3.8) is 0 Å². The lowest BCUT2D eigenvalue weighted by atomic mass is 10.0. The fourth-order valence-electron chi connectivity index (χ4n) is 4.43. The van der Waals surface area contributed by atoms with Crippen molar-refractivity contribution in [3.8, 4) is 22.6 Å². The molecular weight excluding hydrogens is 482 g/mol. The zero-order valence-electron chi connectivity index (χ0n) is 18.9. The highest BCUT2D eigenvalue weighted by Crippen LogP contribution is 2.53. The SMILES string of the molecule is NS(=O)(=O)C1(c2cc(OC(F)F)cc(-c3cnn4cc(OCCN5CCOCC5)ccc34)c2)CC1. The number of nitrogens with two attached hydrogens (primary N) is 1. The Bertz CT molecular complexity index is 1320. The molecule has 0 bridgehead atoms. The van der Waals surface area contributed by atoms with Crippen LogP contribution in [0.15, 0.2) is 42.7 Å². The smallest absolute Gasteiger partial charge is 0.387 e. The minimum Gasteiger partial charge on any atom is -0.491 e. The molecule has 9 nitrogen and oxygen atoms in total. The summed E-state index contributed by atoms with van der Waals surface area (Å²) in [5.41, 5.74) is 2.17. The summed E-state index contributed by atoms with van der Waals surface area (Å²) in [6.45, 7) is 1.48. The summed E-state index contributed by atoms with van der Waals surface area (Å²) in [6, 6.07) is 8.05. The van der Waals surface area contributed by atoms with Gasteiger partial charge in [-0.05, 0) is 54.3 Å². The van der Waals surface area contributed by atoms with Crippen molar-refractivity contribution >= 4 is 15.5 Å². The number of fused-ring (bicyclic) bond motifs is 1. The van der Waals surface area contributed by atoms with Gasteiger partial charge in [-0.2, -0.15) is 13.9 Å². The number of aromatic nitrogens is 2. The summed E-state index contributed by atoms with van der Waals surface area (Å²) in [7, 11) is -3.93. The van der Waals surface area contributed by atoms with Gasteiger partial charge in [-0.15, -0.1) is 0 Å². The average Bonchev–Trinajstić information content (AvgIpc) is 3.54. The number of alkyl halides is 2. The van der Waals surface area contributed by atoms with E-state index in [1.165, 1.54) is 12.1 Å². The molecule has 1 aliphatic heterocycles. The molecule has 35 heavy (non-hydrogen) atoms. The molecule has 0 unspecified atom stereocenters. The number of morpholine rings is 1. The lowest BCUT2D eigenvalue weighted by Gasteiger charge is -2.26. The van der Waals surface area contributed by atoms with Crippen LogP contribution in [0.25, 0.3) is 16.6 Å². The summed E-state index contributed by atoms with van der Waals surface area (Å²) in [5.74, 6) is 0.506. The number of halogens is 2. The predicted molar refractivity (Wildman–Crippen MR) is 124 cm³/mol. The van der Waals surface area contributed by atoms with Crippen LogP contribution < -0.4 is 14.6 Å². The second-order valence-electron chi connectivity index (χ2n) is 8.72. The van der Waals surface area contributed by atoms with Gasteiger partial charge in [0.05, 0.1) is 31.1 Å². The van der Waals surface area contributed by atoms with Crippen LogP contribution in [0.3, 0.4) is 0 Å². The molecule has 12 heteroatoms. The number of sulfonamides is 1. The highest BCUT2D eigenvalue weighted by atomic mass is 32.2. The number of benzene rings is 1. The number of hydrogen-bond donors (Lipinski definition) is 1. The van der Waals surface area contributed by atoms with Crippen LogP contribution in [0.2, 0.25) is 0 Å². The summed E-state index contributed by atoms with van der Waals surface area (Å²) in [6.07, 6.45) is 3.98. The van der Waals surface area contributed by atoms with Gasteiger partial charge in [-0.3, -0.25) is 4.90 Å². The Kier molecular flexibility index (Phi) is 6.38. The van der Waals surface area contributed by atoms with Crippen molar-refractivity contribution in [2.45, 2.75) is 24.2 Å². The van der Waals surface area contributed by atoms with E-state index in [2.05, 4.69) is 14.7 Å². The molecule has 1 aromatic carbocycles. The van der Waals surface area contributed by atoms with Gasteiger partial charge in [-0.1, -0.05) is 0 Å². The van der Waals surface area contributed by atoms with Gasteiger partial charge in [0, 0.05) is 25.2 Å². The Morgan fingerprint density at radius 2 is 1.91 bits per heavy atom. The monoisotopic (exact) mass is 508 g/mol. The van der Waals surface area contributed by atoms with E-state index in [9.17, 15) is 17.2 Å². The molecule has 2 fully saturated rings. The van der Waals surface area contributed by atoms with Crippen LogP contribution in [0.1, 0.15) is 18.4 Å². The first-order valence-corrected chi connectivity index (χ1v) is 12.8. The average molecular weight is 509 g/mol. The summed E-state index contributed by atoms with van der Waals surface area (Å²) >= 11 is 0. The van der Waals surface area contributed by atoms with Gasteiger partial charge in [0.1, 0.15) is 22.9 Å². The predicted octanol–water partition coefficient (Wildman–Crippen LogP) is 2.59. The molecule has 0 spiro atoms. The van der Waals surface area contributed by atoms with E-state index in [-0.39, 0.29) is 5.75 Å². The van der Waals surface area contributed by atoms with Crippen LogP contribution in [-0.2, 0) is 19.5 Å². The molecule has 3 heterocycles. The molecule has 0 radical (unpaired) electrons. The topological polar surface area (TPSA) is 108 Å². The molecule has 188 valence electrons. The normalized spacial score (nSPS) is 18.2. The first-order chi connectivity index (χ1) is 16.7. The standard InChI is InChI=1S/C23H26F2N4O5S/c24-22(25)34-19-12-16(11-17(13-19)23(3-4-23)35(26,30)31)20-14-27-29-15-18(1-2-21(20)29)33-10-7-28-5-8-32-9-6-28/h1-2,11-15,22H,3-10H2,(H2,26,30,31). The van der Waals surface area contributed by atoms with Crippen molar-refractivity contribution in [2.24, 2.45) is 5.14 Å². The van der Waals surface area contributed by atoms with Crippen LogP contribution >= 0.6 is 0 Å². The third kappa shape index (κ3) is 4.96. The maximum Gasteiger partial charge on any atom is 0.387 e. The number of pyridine rings is 1. The molecular formula is C23H26F2N4O5S. The number of hydrogen-bond acceptors (Lipinski definition) is 7. The van der Waals surface area contributed by atoms with E-state index in [0.29, 0.717) is 47.4 Å². The van der Waals surface area contributed by atoms with Gasteiger partial charge in [0.2, 0.25) is 10.0 Å². The summed E-state index contributed by atoms with van der Waals surface area (Å²) in [5, 5.41) is 9.84. The summed E-state index contributed by atoms with van der Waals surface area (Å²) < 4.78 is 66.6. The van der Waals surface area contributed by atoms with E-state index >= 15 is 0 Å². The van der Waals surface area contributed by atoms with Gasteiger partial charge in [0.25, 0.3) is 0 Å². The number of nitrogens with zero attached hydrogens (tertiary/aromatic N) is 3. The van der Waals surface area contributed by atoms with Crippen molar-refractivity contribution < 1.29 is 31.4 Å². The number of ether oxygens (including phenoxy) is 3. The van der Waals surface area contributed by atoms with Crippen LogP contribution in [0.5, 0.6) is 11.5 Å². The fourth-order valence-corrected chi connectivity index (χ4v) is 5.55. The zero-order chi connectivity index (χ0) is 24.6. The second kappa shape index (κ2) is 9.34. The number of rotatable bonds is 9. The molecule has 0 amide bonds. The number of primary sulfonamides is 1. The molecule has 1 saturated carbocycles. The lowest BCUT2D eigenvalue weighted by molar-refractivity contribution is -0.0498. The highest BCUT2D eigenvalue weighted by Gasteiger charge is 2.54. The van der Waals surface area contributed by atoms with E-state index in [4.69, 9.17) is 14.6 Å². The lowest BCUT2D eigenvalue weighted by Crippen LogP contribution is -2.38. The zero-order valence-corrected chi connectivity index (χ0v) is 19.7. The van der Waals surface area contributed by atoms with Crippen LogP contribution in [-0.4, -0.2) is 69.0 Å². The van der Waals surface area contributed by atoms with Gasteiger partial charge >= 0.3 is 6.61 Å². The Morgan fingerprint density at radius 1 is 1.14 bits per heavy atom.